The molecule has 0 aliphatic carbocycles. The van der Waals surface area contributed by atoms with Crippen LogP contribution in [0, 0.1) is 0 Å². The summed E-state index contributed by atoms with van der Waals surface area (Å²) < 4.78 is 11.4. The molecular weight excluding hydrogens is 439 g/mol. The summed E-state index contributed by atoms with van der Waals surface area (Å²) in [6, 6.07) is 11.5. The quantitative estimate of drug-likeness (QED) is 0.591. The number of fused-ring (bicyclic) bond motifs is 2. The monoisotopic (exact) mass is 458 g/mol. The van der Waals surface area contributed by atoms with Crippen molar-refractivity contribution in [2.75, 3.05) is 39.4 Å². The van der Waals surface area contributed by atoms with E-state index < -0.39 is 6.04 Å². The van der Waals surface area contributed by atoms with Crippen molar-refractivity contribution in [3.63, 3.8) is 0 Å². The molecule has 1 saturated heterocycles. The first-order valence-corrected chi connectivity index (χ1v) is 10.9. The van der Waals surface area contributed by atoms with Crippen molar-refractivity contribution in [2.45, 2.75) is 6.04 Å². The van der Waals surface area contributed by atoms with E-state index in [1.165, 1.54) is 0 Å². The molecule has 3 aromatic rings. The highest BCUT2D eigenvalue weighted by atomic mass is 35.5. The van der Waals surface area contributed by atoms with E-state index in [2.05, 4.69) is 4.90 Å². The van der Waals surface area contributed by atoms with Gasteiger partial charge in [0.1, 0.15) is 5.58 Å². The van der Waals surface area contributed by atoms with Crippen molar-refractivity contribution in [3.8, 4) is 0 Å². The Morgan fingerprint density at radius 3 is 2.39 bits per heavy atom. The Hall–Kier alpha value is -2.38. The summed E-state index contributed by atoms with van der Waals surface area (Å²) in [7, 11) is 0. The first-order valence-electron chi connectivity index (χ1n) is 10.2. The molecule has 31 heavy (non-hydrogen) atoms. The zero-order chi connectivity index (χ0) is 21.5. The lowest BCUT2D eigenvalue weighted by atomic mass is 9.98. The molecular formula is C23H20Cl2N2O4. The molecule has 1 unspecified atom stereocenters. The molecule has 6 nitrogen and oxygen atoms in total. The van der Waals surface area contributed by atoms with E-state index in [1.54, 1.807) is 35.2 Å². The Bertz CT molecular complexity index is 1200. The third-order valence-corrected chi connectivity index (χ3v) is 6.36. The first-order chi connectivity index (χ1) is 15.0. The molecule has 0 bridgehead atoms. The second-order valence-corrected chi connectivity index (χ2v) is 8.59. The van der Waals surface area contributed by atoms with Crippen LogP contribution in [-0.4, -0.2) is 55.1 Å². The molecule has 3 heterocycles. The Morgan fingerprint density at radius 1 is 0.935 bits per heavy atom. The van der Waals surface area contributed by atoms with Gasteiger partial charge in [-0.15, -0.1) is 0 Å². The van der Waals surface area contributed by atoms with Gasteiger partial charge in [0.2, 0.25) is 5.76 Å². The molecule has 5 rings (SSSR count). The number of carbonyl (C=O) groups is 1. The van der Waals surface area contributed by atoms with Crippen LogP contribution in [0.15, 0.2) is 51.7 Å². The number of rotatable bonds is 4. The second-order valence-electron chi connectivity index (χ2n) is 7.72. The number of halogens is 2. The number of benzene rings is 2. The van der Waals surface area contributed by atoms with Crippen LogP contribution in [0.5, 0.6) is 0 Å². The van der Waals surface area contributed by atoms with E-state index in [1.807, 2.05) is 12.1 Å². The zero-order valence-electron chi connectivity index (χ0n) is 16.6. The summed E-state index contributed by atoms with van der Waals surface area (Å²) in [5.41, 5.74) is 1.28. The van der Waals surface area contributed by atoms with Crippen LogP contribution in [0.2, 0.25) is 10.0 Å². The first kappa shape index (κ1) is 20.5. The molecule has 0 N–H and O–H groups in total. The maximum absolute atomic E-state index is 13.5. The predicted octanol–water partition coefficient (Wildman–Crippen LogP) is 3.98. The summed E-state index contributed by atoms with van der Waals surface area (Å²) in [4.78, 5) is 30.8. The van der Waals surface area contributed by atoms with E-state index in [9.17, 15) is 9.59 Å². The Morgan fingerprint density at radius 2 is 1.65 bits per heavy atom. The van der Waals surface area contributed by atoms with Gasteiger partial charge in [0.15, 0.2) is 5.43 Å². The van der Waals surface area contributed by atoms with Crippen LogP contribution in [0.4, 0.5) is 0 Å². The fraction of sp³-hybridized carbons (Fsp3) is 0.304. The highest BCUT2D eigenvalue weighted by molar-refractivity contribution is 6.31. The van der Waals surface area contributed by atoms with Gasteiger partial charge in [-0.1, -0.05) is 35.3 Å². The highest BCUT2D eigenvalue weighted by Gasteiger charge is 2.42. The van der Waals surface area contributed by atoms with Crippen LogP contribution in [0.3, 0.4) is 0 Å². The molecule has 0 saturated carbocycles. The Balaban J connectivity index is 1.60. The molecule has 2 aliphatic rings. The van der Waals surface area contributed by atoms with Crippen molar-refractivity contribution in [1.82, 2.24) is 9.80 Å². The summed E-state index contributed by atoms with van der Waals surface area (Å²) in [6.07, 6.45) is 0. The Labute approximate surface area is 188 Å². The third-order valence-electron chi connectivity index (χ3n) is 5.87. The van der Waals surface area contributed by atoms with Gasteiger partial charge in [-0.25, -0.2) is 0 Å². The summed E-state index contributed by atoms with van der Waals surface area (Å²) in [5.74, 6) is -0.182. The number of ether oxygens (including phenoxy) is 1. The van der Waals surface area contributed by atoms with Crippen LogP contribution < -0.4 is 5.43 Å². The predicted molar refractivity (Wildman–Crippen MR) is 119 cm³/mol. The van der Waals surface area contributed by atoms with Gasteiger partial charge in [-0.05, 0) is 35.9 Å². The van der Waals surface area contributed by atoms with Crippen LogP contribution >= 0.6 is 23.2 Å². The minimum Gasteiger partial charge on any atom is -0.450 e. The van der Waals surface area contributed by atoms with Gasteiger partial charge >= 0.3 is 0 Å². The number of carbonyl (C=O) groups excluding carboxylic acids is 1. The number of hydrogen-bond donors (Lipinski definition) is 0. The van der Waals surface area contributed by atoms with E-state index in [0.717, 1.165) is 18.7 Å². The van der Waals surface area contributed by atoms with Crippen LogP contribution in [0.1, 0.15) is 27.7 Å². The standard InChI is InChI=1S/C23H20Cl2N2O4/c24-15-3-1-14(2-4-15)20-19-21(28)17-13-16(25)5-6-18(17)31-22(19)23(29)27(20)8-7-26-9-11-30-12-10-26/h1-6,13,20H,7-12H2. The van der Waals surface area contributed by atoms with Gasteiger partial charge in [0.05, 0.1) is 30.2 Å². The van der Waals surface area contributed by atoms with Crippen LogP contribution in [-0.2, 0) is 4.74 Å². The number of nitrogens with zero attached hydrogens (tertiary/aromatic N) is 2. The average Bonchev–Trinajstić information content (AvgIpc) is 3.06. The van der Waals surface area contributed by atoms with Gasteiger partial charge < -0.3 is 14.1 Å². The molecule has 160 valence electrons. The molecule has 1 fully saturated rings. The smallest absolute Gasteiger partial charge is 0.290 e. The number of hydrogen-bond acceptors (Lipinski definition) is 5. The maximum atomic E-state index is 13.5. The van der Waals surface area contributed by atoms with Gasteiger partial charge in [0.25, 0.3) is 5.91 Å². The SMILES string of the molecule is O=C1c2oc3ccc(Cl)cc3c(=O)c2C(c2ccc(Cl)cc2)N1CCN1CCOCC1. The summed E-state index contributed by atoms with van der Waals surface area (Å²) in [6.45, 7) is 4.15. The molecule has 1 atom stereocenters. The largest absolute Gasteiger partial charge is 0.450 e. The maximum Gasteiger partial charge on any atom is 0.290 e. The average molecular weight is 459 g/mol. The van der Waals surface area contributed by atoms with E-state index in [-0.39, 0.29) is 17.1 Å². The van der Waals surface area contributed by atoms with Crippen molar-refractivity contribution >= 4 is 40.1 Å². The van der Waals surface area contributed by atoms with Crippen molar-refractivity contribution < 1.29 is 13.9 Å². The summed E-state index contributed by atoms with van der Waals surface area (Å²) >= 11 is 12.2. The van der Waals surface area contributed by atoms with E-state index in [0.29, 0.717) is 52.9 Å². The van der Waals surface area contributed by atoms with Gasteiger partial charge in [-0.2, -0.15) is 0 Å². The summed E-state index contributed by atoms with van der Waals surface area (Å²) in [5, 5.41) is 1.40. The van der Waals surface area contributed by atoms with Crippen molar-refractivity contribution in [1.29, 1.82) is 0 Å². The molecule has 2 aromatic carbocycles. The number of amides is 1. The molecule has 1 amide bonds. The lowest BCUT2D eigenvalue weighted by molar-refractivity contribution is 0.0314. The second kappa shape index (κ2) is 8.28. The molecule has 0 radical (unpaired) electrons. The third kappa shape index (κ3) is 3.74. The molecule has 1 aromatic heterocycles. The fourth-order valence-corrected chi connectivity index (χ4v) is 4.59. The van der Waals surface area contributed by atoms with Gasteiger partial charge in [0, 0.05) is 36.2 Å². The topological polar surface area (TPSA) is 63.0 Å². The number of morpholine rings is 1. The van der Waals surface area contributed by atoms with E-state index >= 15 is 0 Å². The lowest BCUT2D eigenvalue weighted by Crippen LogP contribution is -2.42. The molecule has 2 aliphatic heterocycles. The molecule has 8 heteroatoms. The van der Waals surface area contributed by atoms with Gasteiger partial charge in [-0.3, -0.25) is 14.5 Å². The van der Waals surface area contributed by atoms with Crippen molar-refractivity contribution in [3.05, 3.63) is 79.6 Å². The molecule has 0 spiro atoms. The fourth-order valence-electron chi connectivity index (χ4n) is 4.29. The lowest BCUT2D eigenvalue weighted by Gasteiger charge is -2.31. The Kier molecular flexibility index (Phi) is 5.48. The minimum absolute atomic E-state index is 0.0988. The zero-order valence-corrected chi connectivity index (χ0v) is 18.2. The normalized spacial score (nSPS) is 19.2. The van der Waals surface area contributed by atoms with Crippen LogP contribution in [0.25, 0.3) is 11.0 Å². The minimum atomic E-state index is -0.541. The van der Waals surface area contributed by atoms with E-state index in [4.69, 9.17) is 32.4 Å². The van der Waals surface area contributed by atoms with Crippen molar-refractivity contribution in [2.24, 2.45) is 0 Å². The highest BCUT2D eigenvalue weighted by Crippen LogP contribution is 2.38.